The zero-order valence-corrected chi connectivity index (χ0v) is 16.5. The maximum Gasteiger partial charge on any atom is 0.224 e. The average molecular weight is 380 g/mol. The number of carbonyl (C=O) groups is 1. The summed E-state index contributed by atoms with van der Waals surface area (Å²) in [5.74, 6) is 0.647. The van der Waals surface area contributed by atoms with Gasteiger partial charge in [0.2, 0.25) is 5.91 Å². The molecule has 1 aliphatic heterocycles. The van der Waals surface area contributed by atoms with E-state index in [1.54, 1.807) is 18.2 Å². The van der Waals surface area contributed by atoms with Gasteiger partial charge >= 0.3 is 0 Å². The molecule has 1 aromatic heterocycles. The maximum absolute atomic E-state index is 13.2. The first-order valence-corrected chi connectivity index (χ1v) is 9.55. The Labute approximate surface area is 165 Å². The average Bonchev–Trinajstić information content (AvgIpc) is 2.83. The molecule has 5 nitrogen and oxygen atoms in total. The summed E-state index contributed by atoms with van der Waals surface area (Å²) in [7, 11) is 0. The van der Waals surface area contributed by atoms with Crippen molar-refractivity contribution in [2.45, 2.75) is 39.8 Å². The van der Waals surface area contributed by atoms with Crippen LogP contribution < -0.4 is 4.90 Å². The lowest BCUT2D eigenvalue weighted by Gasteiger charge is -2.35. The molecule has 28 heavy (non-hydrogen) atoms. The van der Waals surface area contributed by atoms with Gasteiger partial charge in [0.05, 0.1) is 11.6 Å². The van der Waals surface area contributed by atoms with Crippen LogP contribution in [0.15, 0.2) is 36.4 Å². The normalized spacial score (nSPS) is 17.6. The van der Waals surface area contributed by atoms with Gasteiger partial charge in [-0.2, -0.15) is 5.26 Å². The van der Waals surface area contributed by atoms with Crippen molar-refractivity contribution in [2.24, 2.45) is 5.92 Å². The van der Waals surface area contributed by atoms with E-state index in [4.69, 9.17) is 0 Å². The molecule has 1 amide bonds. The number of anilines is 1. The van der Waals surface area contributed by atoms with Crippen LogP contribution in [0.25, 0.3) is 0 Å². The largest absolute Gasteiger partial charge is 0.353 e. The Bertz CT molecular complexity index is 888. The number of benzene rings is 1. The highest BCUT2D eigenvalue weighted by atomic mass is 19.1. The van der Waals surface area contributed by atoms with Gasteiger partial charge in [0, 0.05) is 31.7 Å². The molecule has 0 aliphatic carbocycles. The van der Waals surface area contributed by atoms with Crippen LogP contribution in [0.2, 0.25) is 0 Å². The monoisotopic (exact) mass is 380 g/mol. The van der Waals surface area contributed by atoms with Crippen molar-refractivity contribution in [3.05, 3.63) is 59.0 Å². The minimum Gasteiger partial charge on any atom is -0.353 e. The third-order valence-corrected chi connectivity index (χ3v) is 5.19. The fourth-order valence-corrected chi connectivity index (χ4v) is 3.60. The number of hydrogen-bond donors (Lipinski definition) is 0. The van der Waals surface area contributed by atoms with Crippen LogP contribution in [0.5, 0.6) is 0 Å². The van der Waals surface area contributed by atoms with E-state index < -0.39 is 0 Å². The summed E-state index contributed by atoms with van der Waals surface area (Å²) in [5.41, 5.74) is 2.27. The van der Waals surface area contributed by atoms with E-state index in [9.17, 15) is 14.4 Å². The van der Waals surface area contributed by atoms with E-state index >= 15 is 0 Å². The number of aromatic nitrogens is 1. The molecule has 0 N–H and O–H groups in total. The molecule has 2 heterocycles. The summed E-state index contributed by atoms with van der Waals surface area (Å²) >= 11 is 0. The number of nitriles is 1. The molecule has 1 atom stereocenters. The second-order valence-corrected chi connectivity index (χ2v) is 7.59. The van der Waals surface area contributed by atoms with E-state index in [0.717, 1.165) is 11.3 Å². The second-order valence-electron chi connectivity index (χ2n) is 7.59. The van der Waals surface area contributed by atoms with E-state index in [-0.39, 0.29) is 23.7 Å². The van der Waals surface area contributed by atoms with Crippen molar-refractivity contribution in [1.82, 2.24) is 9.88 Å². The Morgan fingerprint density at radius 1 is 1.25 bits per heavy atom. The van der Waals surface area contributed by atoms with Crippen molar-refractivity contribution >= 4 is 11.7 Å². The van der Waals surface area contributed by atoms with Crippen molar-refractivity contribution in [3.63, 3.8) is 0 Å². The van der Waals surface area contributed by atoms with Crippen LogP contribution in [0.1, 0.15) is 37.1 Å². The molecule has 1 aromatic carbocycles. The number of carbonyl (C=O) groups excluding carboxylic acids is 1. The predicted octanol–water partition coefficient (Wildman–Crippen LogP) is 3.66. The summed E-state index contributed by atoms with van der Waals surface area (Å²) in [6.45, 7) is 7.65. The Morgan fingerprint density at radius 3 is 2.61 bits per heavy atom. The molecule has 146 valence electrons. The van der Waals surface area contributed by atoms with E-state index in [1.807, 2.05) is 17.9 Å². The van der Waals surface area contributed by atoms with Crippen LogP contribution in [-0.4, -0.2) is 34.9 Å². The number of hydrogen-bond acceptors (Lipinski definition) is 4. The van der Waals surface area contributed by atoms with E-state index in [0.29, 0.717) is 37.4 Å². The summed E-state index contributed by atoms with van der Waals surface area (Å²) in [6, 6.07) is 12.1. The van der Waals surface area contributed by atoms with Crippen LogP contribution in [-0.2, 0) is 11.3 Å². The van der Waals surface area contributed by atoms with Crippen LogP contribution in [0, 0.1) is 30.0 Å². The molecule has 0 bridgehead atoms. The molecule has 0 unspecified atom stereocenters. The molecule has 1 aliphatic rings. The van der Waals surface area contributed by atoms with Gasteiger partial charge in [0.1, 0.15) is 17.7 Å². The summed E-state index contributed by atoms with van der Waals surface area (Å²) in [6.07, 6.45) is 0.352. The van der Waals surface area contributed by atoms with Gasteiger partial charge in [-0.3, -0.25) is 4.79 Å². The molecule has 3 rings (SSSR count). The number of nitrogens with zero attached hydrogens (tertiary/aromatic N) is 4. The van der Waals surface area contributed by atoms with E-state index in [2.05, 4.69) is 29.8 Å². The first-order valence-electron chi connectivity index (χ1n) is 9.55. The molecular weight excluding hydrogens is 355 g/mol. The van der Waals surface area contributed by atoms with E-state index in [1.165, 1.54) is 12.1 Å². The van der Waals surface area contributed by atoms with Gasteiger partial charge in [-0.1, -0.05) is 26.0 Å². The smallest absolute Gasteiger partial charge is 0.224 e. The molecule has 0 spiro atoms. The van der Waals surface area contributed by atoms with Crippen LogP contribution >= 0.6 is 0 Å². The first-order chi connectivity index (χ1) is 13.4. The fraction of sp³-hybridized carbons (Fsp3) is 0.409. The molecule has 1 fully saturated rings. The number of rotatable bonds is 4. The number of amides is 1. The Hall–Kier alpha value is -2.94. The summed E-state index contributed by atoms with van der Waals surface area (Å²) in [5, 5.41) is 9.48. The van der Waals surface area contributed by atoms with Gasteiger partial charge < -0.3 is 9.80 Å². The SMILES string of the molecule is Cc1ccc(C#N)c(N2CCC(=O)N(Cc3ccc(F)cc3)[C@@H](C(C)C)C2)n1. The predicted molar refractivity (Wildman–Crippen MR) is 106 cm³/mol. The lowest BCUT2D eigenvalue weighted by molar-refractivity contribution is -0.134. The molecular formula is C22H25FN4O. The minimum atomic E-state index is -0.285. The molecule has 0 saturated carbocycles. The molecule has 6 heteroatoms. The highest BCUT2D eigenvalue weighted by molar-refractivity contribution is 5.78. The van der Waals surface area contributed by atoms with Crippen molar-refractivity contribution < 1.29 is 9.18 Å². The highest BCUT2D eigenvalue weighted by Gasteiger charge is 2.33. The Balaban J connectivity index is 1.91. The molecule has 2 aromatic rings. The maximum atomic E-state index is 13.2. The highest BCUT2D eigenvalue weighted by Crippen LogP contribution is 2.26. The lowest BCUT2D eigenvalue weighted by atomic mass is 10.0. The summed E-state index contributed by atoms with van der Waals surface area (Å²) in [4.78, 5) is 21.5. The number of halogens is 1. The topological polar surface area (TPSA) is 60.2 Å². The van der Waals surface area contributed by atoms with Gasteiger partial charge in [-0.25, -0.2) is 9.37 Å². The van der Waals surface area contributed by atoms with Gasteiger partial charge in [-0.05, 0) is 42.7 Å². The fourth-order valence-electron chi connectivity index (χ4n) is 3.60. The third-order valence-electron chi connectivity index (χ3n) is 5.19. The van der Waals surface area contributed by atoms with Crippen molar-refractivity contribution in [3.8, 4) is 6.07 Å². The van der Waals surface area contributed by atoms with Gasteiger partial charge in [-0.15, -0.1) is 0 Å². The van der Waals surface area contributed by atoms with Crippen molar-refractivity contribution in [1.29, 1.82) is 5.26 Å². The zero-order chi connectivity index (χ0) is 20.3. The van der Waals surface area contributed by atoms with Gasteiger partial charge in [0.15, 0.2) is 0 Å². The minimum absolute atomic E-state index is 0.0334. The first kappa shape index (κ1) is 19.8. The molecule has 0 radical (unpaired) electrons. The number of pyridine rings is 1. The lowest BCUT2D eigenvalue weighted by Crippen LogP contribution is -2.46. The zero-order valence-electron chi connectivity index (χ0n) is 16.5. The van der Waals surface area contributed by atoms with Crippen molar-refractivity contribution in [2.75, 3.05) is 18.0 Å². The Morgan fingerprint density at radius 2 is 1.96 bits per heavy atom. The third kappa shape index (κ3) is 4.30. The standard InChI is InChI=1S/C22H25FN4O/c1-15(2)20-14-26(22-18(12-24)7-4-16(3)25-22)11-10-21(28)27(20)13-17-5-8-19(23)9-6-17/h4-9,15,20H,10-11,13-14H2,1-3H3/t20-/m1/s1. The van der Waals surface area contributed by atoms with Gasteiger partial charge in [0.25, 0.3) is 0 Å². The Kier molecular flexibility index (Phi) is 5.93. The second kappa shape index (κ2) is 8.39. The quantitative estimate of drug-likeness (QED) is 0.812. The summed E-state index contributed by atoms with van der Waals surface area (Å²) < 4.78 is 13.2. The van der Waals surface area contributed by atoms with Crippen LogP contribution in [0.4, 0.5) is 10.2 Å². The van der Waals surface area contributed by atoms with Crippen LogP contribution in [0.3, 0.4) is 0 Å². The molecule has 1 saturated heterocycles. The number of aryl methyl sites for hydroxylation is 1.